The molecule has 19 nitrogen and oxygen atoms in total. The van der Waals surface area contributed by atoms with E-state index in [0.717, 1.165) is 0 Å². The normalized spacial score (nSPS) is 20.1. The lowest BCUT2D eigenvalue weighted by Crippen LogP contribution is -2.65. The average Bonchev–Trinajstić information content (AvgIpc) is 3.12. The number of carbonyl (C=O) groups excluding carboxylic acids is 2. The molecule has 0 aliphatic heterocycles. The van der Waals surface area contributed by atoms with Gasteiger partial charge in [0.2, 0.25) is 0 Å². The first-order chi connectivity index (χ1) is 26.8. The molecule has 1 aliphatic carbocycles. The van der Waals surface area contributed by atoms with Gasteiger partial charge in [0.25, 0.3) is 0 Å². The minimum absolute atomic E-state index is 0.933. The van der Waals surface area contributed by atoms with Crippen LogP contribution in [0.4, 0.5) is 0 Å². The zero-order chi connectivity index (χ0) is 42.9. The lowest BCUT2D eigenvalue weighted by atomic mass is 9.85. The number of aliphatic hydroxyl groups is 3. The van der Waals surface area contributed by atoms with E-state index in [1.165, 1.54) is 0 Å². The van der Waals surface area contributed by atoms with Gasteiger partial charge in [-0.25, -0.2) is 23.3 Å². The summed E-state index contributed by atoms with van der Waals surface area (Å²) in [6, 6.07) is 0. The number of phosphoric ester groups is 3. The Morgan fingerprint density at radius 3 is 1.30 bits per heavy atom. The summed E-state index contributed by atoms with van der Waals surface area (Å²) >= 11 is 0. The molecule has 22 heteroatoms. The Labute approximate surface area is 325 Å². The van der Waals surface area contributed by atoms with E-state index in [2.05, 4.69) is 132 Å². The first kappa shape index (κ1) is 49.3. The largest absolute Gasteiger partial charge is 0.472 e. The highest BCUT2D eigenvalue weighted by Gasteiger charge is 2.56. The van der Waals surface area contributed by atoms with Crippen molar-refractivity contribution >= 4 is 35.4 Å². The molecule has 0 spiro atoms. The summed E-state index contributed by atoms with van der Waals surface area (Å²) in [7, 11) is -16.9. The predicted octanol–water partition coefficient (Wildman–Crippen LogP) is -2.93. The highest BCUT2D eigenvalue weighted by atomic mass is 31.2. The summed E-state index contributed by atoms with van der Waals surface area (Å²) in [5.41, 5.74) is 0. The molecule has 1 saturated carbocycles. The molecule has 1 aliphatic rings. The number of carbonyl (C=O) groups is 2. The third-order valence-electron chi connectivity index (χ3n) is 5.47. The molecule has 0 amide bonds. The molecule has 0 aromatic carbocycles. The van der Waals surface area contributed by atoms with Crippen LogP contribution in [0.25, 0.3) is 0 Å². The molecule has 0 aromatic rings. The molecule has 294 valence electrons. The topological polar surface area (TPSA) is 303 Å². The van der Waals surface area contributed by atoms with Gasteiger partial charge >= 0.3 is 35.4 Å². The minimum atomic E-state index is -5.66. The fourth-order valence-electron chi connectivity index (χ4n) is 3.44. The van der Waals surface area contributed by atoms with Crippen LogP contribution in [-0.4, -0.2) is 108 Å². The number of aliphatic hydroxyl groups excluding tert-OH is 3. The summed E-state index contributed by atoms with van der Waals surface area (Å²) in [5.74, 6) is 47.9. The van der Waals surface area contributed by atoms with Crippen molar-refractivity contribution in [2.24, 2.45) is 0 Å². The summed E-state index contributed by atoms with van der Waals surface area (Å²) in [6.07, 6.45) is -17.3. The van der Waals surface area contributed by atoms with Gasteiger partial charge in [-0.2, -0.15) is 0 Å². The van der Waals surface area contributed by atoms with Gasteiger partial charge in [-0.05, 0) is 120 Å². The van der Waals surface area contributed by atoms with Crippen molar-refractivity contribution in [2.75, 3.05) is 13.2 Å². The smallest absolute Gasteiger partial charge is 0.452 e. The molecule has 1 rings (SSSR count). The van der Waals surface area contributed by atoms with Crippen LogP contribution in [0.15, 0.2) is 0 Å². The second kappa shape index (κ2) is 25.5. The van der Waals surface area contributed by atoms with E-state index in [9.17, 15) is 53.3 Å². The lowest BCUT2D eigenvalue weighted by molar-refractivity contribution is -0.213. The number of hydrogen-bond acceptors (Lipinski definition) is 14. The Morgan fingerprint density at radius 1 is 0.509 bits per heavy atom. The van der Waals surface area contributed by atoms with E-state index in [1.54, 1.807) is 13.8 Å². The van der Waals surface area contributed by atoms with E-state index in [4.69, 9.17) is 23.8 Å². The quantitative estimate of drug-likeness (QED) is 0.0422. The number of phosphoric acid groups is 3. The van der Waals surface area contributed by atoms with Crippen molar-refractivity contribution in [3.05, 3.63) is 0 Å². The first-order valence-electron chi connectivity index (χ1n) is 14.7. The summed E-state index contributed by atoms with van der Waals surface area (Å²) < 4.78 is 63.4. The molecule has 4 unspecified atom stereocenters. The monoisotopic (exact) mass is 842 g/mol. The Hall–Kier alpha value is -5.69. The summed E-state index contributed by atoms with van der Waals surface area (Å²) in [4.78, 5) is 71.5. The zero-order valence-electron chi connectivity index (χ0n) is 28.9. The van der Waals surface area contributed by atoms with Gasteiger partial charge in [-0.3, -0.25) is 18.1 Å². The average molecular weight is 842 g/mol. The Kier molecular flexibility index (Phi) is 22.0. The van der Waals surface area contributed by atoms with Crippen LogP contribution in [0, 0.1) is 130 Å². The van der Waals surface area contributed by atoms with Crippen molar-refractivity contribution in [3.63, 3.8) is 0 Å². The Bertz CT molecular complexity index is 2390. The fraction of sp³-hybridized carbons (Fsp3) is 0.314. The molecule has 0 aromatic heterocycles. The van der Waals surface area contributed by atoms with Crippen molar-refractivity contribution in [2.45, 2.75) is 56.6 Å². The Morgan fingerprint density at radius 2 is 0.877 bits per heavy atom. The highest BCUT2D eigenvalue weighted by molar-refractivity contribution is 7.47. The summed E-state index contributed by atoms with van der Waals surface area (Å²) in [5, 5.41) is 31.4. The van der Waals surface area contributed by atoms with Crippen LogP contribution in [0.5, 0.6) is 0 Å². The molecular formula is C35H25O19P3. The van der Waals surface area contributed by atoms with E-state index < -0.39 is 91.3 Å². The molecule has 0 bridgehead atoms. The van der Waals surface area contributed by atoms with Gasteiger partial charge < -0.3 is 49.3 Å². The molecule has 8 N–H and O–H groups in total. The third kappa shape index (κ3) is 22.5. The maximum Gasteiger partial charge on any atom is 0.472 e. The van der Waals surface area contributed by atoms with Gasteiger partial charge in [0.15, 0.2) is 6.10 Å². The zero-order valence-corrected chi connectivity index (χ0v) is 31.5. The van der Waals surface area contributed by atoms with Gasteiger partial charge in [0, 0.05) is 11.8 Å². The molecule has 1 fully saturated rings. The second-order valence-corrected chi connectivity index (χ2v) is 13.3. The SMILES string of the molecule is CC#CC#CC#CC#CC#CC#CC(=O)O[C@H](COC(=O)C#CC#CC#CC#CC#CC)COP(=O)(O)OC1C(O)[C@@H](OP(=O)(O)O)C(OP(=O)(O)O)[C@@H](O)[C@H]1O. The number of rotatable bonds is 12. The number of hydrogen-bond donors (Lipinski definition) is 8. The maximum absolute atomic E-state index is 12.9. The van der Waals surface area contributed by atoms with Crippen LogP contribution in [0.3, 0.4) is 0 Å². The molecule has 0 heterocycles. The van der Waals surface area contributed by atoms with Gasteiger partial charge in [-0.15, -0.1) is 0 Å². The van der Waals surface area contributed by atoms with E-state index in [1.807, 2.05) is 11.8 Å². The molecule has 0 radical (unpaired) electrons. The van der Waals surface area contributed by atoms with Gasteiger partial charge in [-0.1, -0.05) is 11.8 Å². The van der Waals surface area contributed by atoms with Crippen molar-refractivity contribution < 1.29 is 90.6 Å². The van der Waals surface area contributed by atoms with E-state index in [-0.39, 0.29) is 0 Å². The van der Waals surface area contributed by atoms with E-state index in [0.29, 0.717) is 0 Å². The van der Waals surface area contributed by atoms with Crippen LogP contribution >= 0.6 is 23.5 Å². The fourth-order valence-corrected chi connectivity index (χ4v) is 5.54. The molecule has 57 heavy (non-hydrogen) atoms. The van der Waals surface area contributed by atoms with E-state index >= 15 is 0 Å². The van der Waals surface area contributed by atoms with Crippen LogP contribution in [0.2, 0.25) is 0 Å². The van der Waals surface area contributed by atoms with Crippen molar-refractivity contribution in [1.29, 1.82) is 0 Å². The van der Waals surface area contributed by atoms with Crippen molar-refractivity contribution in [3.8, 4) is 130 Å². The maximum atomic E-state index is 12.9. The molecular weight excluding hydrogens is 817 g/mol. The molecule has 0 saturated heterocycles. The first-order valence-corrected chi connectivity index (χ1v) is 19.3. The Balaban J connectivity index is 3.22. The minimum Gasteiger partial charge on any atom is -0.452 e. The highest BCUT2D eigenvalue weighted by Crippen LogP contribution is 2.51. The number of ether oxygens (including phenoxy) is 2. The van der Waals surface area contributed by atoms with Crippen LogP contribution in [0.1, 0.15) is 13.8 Å². The van der Waals surface area contributed by atoms with Crippen molar-refractivity contribution in [1.82, 2.24) is 0 Å². The van der Waals surface area contributed by atoms with Crippen LogP contribution < -0.4 is 0 Å². The standard InChI is InChI=1S/C35H25O19P3/c1-3-5-7-9-11-13-14-16-18-20-22-24-29(37)51-27(25-49-28(36)23-21-19-17-15-12-10-8-6-4-2)26-50-57(47,48)54-33-30(38)31(39)34(52-55(41,42)43)35(32(33)40)53-56(44,45)46/h27,30-35,38-40H,25-26H2,1-2H3,(H,47,48)(H2,41,42,43)(H2,44,45,46)/t27-,30-,31+,32?,33?,34?,35-/m1/s1. The molecule has 8 atom stereocenters. The van der Waals surface area contributed by atoms with Crippen LogP contribution in [-0.2, 0) is 50.9 Å². The lowest BCUT2D eigenvalue weighted by Gasteiger charge is -2.44. The van der Waals surface area contributed by atoms with Gasteiger partial charge in [0.05, 0.1) is 6.61 Å². The number of esters is 2. The third-order valence-corrected chi connectivity index (χ3v) is 7.49. The second-order valence-electron chi connectivity index (χ2n) is 9.55. The van der Waals surface area contributed by atoms with Gasteiger partial charge in [0.1, 0.15) is 43.2 Å². The predicted molar refractivity (Wildman–Crippen MR) is 190 cm³/mol. The summed E-state index contributed by atoms with van der Waals surface area (Å²) in [6.45, 7) is 1.05.